The van der Waals surface area contributed by atoms with Gasteiger partial charge in [0, 0.05) is 11.3 Å². The van der Waals surface area contributed by atoms with Crippen LogP contribution >= 0.6 is 0 Å². The van der Waals surface area contributed by atoms with E-state index in [4.69, 9.17) is 10.5 Å². The molecule has 0 spiro atoms. The van der Waals surface area contributed by atoms with Crippen LogP contribution in [0.4, 0.5) is 5.69 Å². The molecule has 0 saturated carbocycles. The highest BCUT2D eigenvalue weighted by Crippen LogP contribution is 2.32. The summed E-state index contributed by atoms with van der Waals surface area (Å²) in [7, 11) is 0. The molecule has 0 aliphatic rings. The molecule has 6 nitrogen and oxygen atoms in total. The van der Waals surface area contributed by atoms with E-state index in [-0.39, 0.29) is 17.4 Å². The molecule has 6 heteroatoms. The molecule has 0 unspecified atom stereocenters. The molecule has 2 rings (SSSR count). The number of carbonyl (C=O) groups excluding carboxylic acids is 3. The summed E-state index contributed by atoms with van der Waals surface area (Å²) < 4.78 is 5.10. The average molecular weight is 382 g/mol. The maximum absolute atomic E-state index is 12.4. The van der Waals surface area contributed by atoms with Crippen LogP contribution in [0.3, 0.4) is 0 Å². The third kappa shape index (κ3) is 5.19. The van der Waals surface area contributed by atoms with Crippen molar-refractivity contribution >= 4 is 23.5 Å². The van der Waals surface area contributed by atoms with Crippen molar-refractivity contribution in [2.45, 2.75) is 39.5 Å². The summed E-state index contributed by atoms with van der Waals surface area (Å²) in [6.07, 6.45) is 0. The Bertz CT molecular complexity index is 844. The summed E-state index contributed by atoms with van der Waals surface area (Å²) in [5.41, 5.74) is 8.55. The molecule has 2 amide bonds. The van der Waals surface area contributed by atoms with Crippen molar-refractivity contribution in [2.24, 2.45) is 5.73 Å². The highest BCUT2D eigenvalue weighted by atomic mass is 16.5. The Balaban J connectivity index is 2.06. The van der Waals surface area contributed by atoms with Crippen LogP contribution in [-0.2, 0) is 9.53 Å². The van der Waals surface area contributed by atoms with Crippen LogP contribution in [0.15, 0.2) is 42.5 Å². The van der Waals surface area contributed by atoms with Crippen LogP contribution in [0, 0.1) is 0 Å². The van der Waals surface area contributed by atoms with Gasteiger partial charge in [0.1, 0.15) is 0 Å². The first-order chi connectivity index (χ1) is 13.2. The molecule has 0 fully saturated rings. The van der Waals surface area contributed by atoms with Crippen molar-refractivity contribution < 1.29 is 19.1 Å². The van der Waals surface area contributed by atoms with Gasteiger partial charge in [-0.2, -0.15) is 0 Å². The number of amides is 2. The fourth-order valence-corrected chi connectivity index (χ4v) is 2.86. The lowest BCUT2D eigenvalue weighted by Gasteiger charge is -2.20. The third-order valence-electron chi connectivity index (χ3n) is 4.38. The zero-order chi connectivity index (χ0) is 20.8. The quantitative estimate of drug-likeness (QED) is 0.711. The molecule has 0 aromatic heterocycles. The summed E-state index contributed by atoms with van der Waals surface area (Å²) in [6, 6.07) is 11.7. The predicted molar refractivity (Wildman–Crippen MR) is 108 cm³/mol. The molecule has 0 heterocycles. The van der Waals surface area contributed by atoms with Crippen LogP contribution in [0.1, 0.15) is 71.4 Å². The van der Waals surface area contributed by atoms with Crippen LogP contribution in [0.5, 0.6) is 0 Å². The summed E-state index contributed by atoms with van der Waals surface area (Å²) >= 11 is 0. The number of primary amides is 1. The number of rotatable bonds is 7. The number of para-hydroxylation sites is 1. The monoisotopic (exact) mass is 382 g/mol. The van der Waals surface area contributed by atoms with E-state index in [1.54, 1.807) is 0 Å². The van der Waals surface area contributed by atoms with Gasteiger partial charge in [-0.1, -0.05) is 45.9 Å². The zero-order valence-electron chi connectivity index (χ0n) is 16.6. The van der Waals surface area contributed by atoms with Gasteiger partial charge in [-0.05, 0) is 47.2 Å². The maximum atomic E-state index is 12.4. The van der Waals surface area contributed by atoms with Gasteiger partial charge in [0.05, 0.1) is 5.56 Å². The Morgan fingerprint density at radius 1 is 0.893 bits per heavy atom. The molecule has 0 aliphatic carbocycles. The Hall–Kier alpha value is -3.15. The van der Waals surface area contributed by atoms with E-state index in [2.05, 4.69) is 33.0 Å². The lowest BCUT2D eigenvalue weighted by Crippen LogP contribution is -2.22. The normalized spacial score (nSPS) is 10.8. The van der Waals surface area contributed by atoms with E-state index in [0.717, 1.165) is 16.8 Å². The van der Waals surface area contributed by atoms with Crippen molar-refractivity contribution in [1.29, 1.82) is 0 Å². The van der Waals surface area contributed by atoms with Crippen LogP contribution in [-0.4, -0.2) is 24.4 Å². The van der Waals surface area contributed by atoms with Gasteiger partial charge in [0.2, 0.25) is 5.91 Å². The topological polar surface area (TPSA) is 98.5 Å². The van der Waals surface area contributed by atoms with Crippen LogP contribution < -0.4 is 11.1 Å². The first-order valence-corrected chi connectivity index (χ1v) is 9.20. The molecule has 2 aromatic rings. The number of benzene rings is 2. The summed E-state index contributed by atoms with van der Waals surface area (Å²) in [4.78, 5) is 35.6. The summed E-state index contributed by atoms with van der Waals surface area (Å²) in [5.74, 6) is -1.16. The SMILES string of the molecule is CC(C)c1cccc(C(C)C)c1NC(=O)COC(=O)c1ccc(C(N)=O)cc1. The average Bonchev–Trinajstić information content (AvgIpc) is 2.65. The molecule has 0 bridgehead atoms. The van der Waals surface area contributed by atoms with Crippen LogP contribution in [0.2, 0.25) is 0 Å². The lowest BCUT2D eigenvalue weighted by molar-refractivity contribution is -0.119. The summed E-state index contributed by atoms with van der Waals surface area (Å²) in [5, 5.41) is 2.90. The lowest BCUT2D eigenvalue weighted by atomic mass is 9.92. The second-order valence-corrected chi connectivity index (χ2v) is 7.19. The number of hydrogen-bond acceptors (Lipinski definition) is 4. The van der Waals surface area contributed by atoms with Crippen molar-refractivity contribution in [3.63, 3.8) is 0 Å². The van der Waals surface area contributed by atoms with Gasteiger partial charge in [0.15, 0.2) is 6.61 Å². The smallest absolute Gasteiger partial charge is 0.338 e. The molecule has 0 radical (unpaired) electrons. The summed E-state index contributed by atoms with van der Waals surface area (Å²) in [6.45, 7) is 7.84. The molecular weight excluding hydrogens is 356 g/mol. The van der Waals surface area contributed by atoms with Crippen LogP contribution in [0.25, 0.3) is 0 Å². The number of nitrogens with one attached hydrogen (secondary N) is 1. The molecule has 0 aliphatic heterocycles. The van der Waals surface area contributed by atoms with Crippen molar-refractivity contribution in [2.75, 3.05) is 11.9 Å². The second-order valence-electron chi connectivity index (χ2n) is 7.19. The Morgan fingerprint density at radius 2 is 1.39 bits per heavy atom. The Labute approximate surface area is 165 Å². The van der Waals surface area contributed by atoms with E-state index in [0.29, 0.717) is 5.56 Å². The van der Waals surface area contributed by atoms with Crippen molar-refractivity contribution in [3.8, 4) is 0 Å². The first-order valence-electron chi connectivity index (χ1n) is 9.20. The number of hydrogen-bond donors (Lipinski definition) is 2. The zero-order valence-corrected chi connectivity index (χ0v) is 16.6. The Morgan fingerprint density at radius 3 is 1.86 bits per heavy atom. The number of carbonyl (C=O) groups is 3. The minimum atomic E-state index is -0.646. The van der Waals surface area contributed by atoms with Gasteiger partial charge < -0.3 is 15.8 Å². The number of ether oxygens (including phenoxy) is 1. The van der Waals surface area contributed by atoms with Gasteiger partial charge in [-0.15, -0.1) is 0 Å². The largest absolute Gasteiger partial charge is 0.452 e. The van der Waals surface area contributed by atoms with Gasteiger partial charge in [-0.3, -0.25) is 9.59 Å². The standard InChI is InChI=1S/C22H26N2O4/c1-13(2)17-6-5-7-18(14(3)4)20(17)24-19(25)12-28-22(27)16-10-8-15(9-11-16)21(23)26/h5-11,13-14H,12H2,1-4H3,(H2,23,26)(H,24,25). The predicted octanol–water partition coefficient (Wildman–Crippen LogP) is 3.83. The molecular formula is C22H26N2O4. The first kappa shape index (κ1) is 21.2. The van der Waals surface area contributed by atoms with E-state index in [9.17, 15) is 14.4 Å². The van der Waals surface area contributed by atoms with E-state index >= 15 is 0 Å². The molecule has 148 valence electrons. The molecule has 3 N–H and O–H groups in total. The minimum absolute atomic E-state index is 0.236. The fourth-order valence-electron chi connectivity index (χ4n) is 2.86. The highest BCUT2D eigenvalue weighted by Gasteiger charge is 2.17. The fraction of sp³-hybridized carbons (Fsp3) is 0.318. The van der Waals surface area contributed by atoms with Crippen molar-refractivity contribution in [1.82, 2.24) is 0 Å². The van der Waals surface area contributed by atoms with Gasteiger partial charge in [-0.25, -0.2) is 4.79 Å². The van der Waals surface area contributed by atoms with E-state index in [1.165, 1.54) is 24.3 Å². The maximum Gasteiger partial charge on any atom is 0.338 e. The molecule has 0 atom stereocenters. The third-order valence-corrected chi connectivity index (χ3v) is 4.38. The van der Waals surface area contributed by atoms with Crippen molar-refractivity contribution in [3.05, 3.63) is 64.7 Å². The minimum Gasteiger partial charge on any atom is -0.452 e. The molecule has 2 aromatic carbocycles. The Kier molecular flexibility index (Phi) is 6.93. The van der Waals surface area contributed by atoms with Gasteiger partial charge in [0.25, 0.3) is 5.91 Å². The van der Waals surface area contributed by atoms with E-state index < -0.39 is 24.4 Å². The number of anilines is 1. The second kappa shape index (κ2) is 9.17. The molecule has 0 saturated heterocycles. The number of esters is 1. The highest BCUT2D eigenvalue weighted by molar-refractivity contribution is 5.97. The molecule has 28 heavy (non-hydrogen) atoms. The van der Waals surface area contributed by atoms with E-state index in [1.807, 2.05) is 18.2 Å². The number of nitrogens with two attached hydrogens (primary N) is 1. The van der Waals surface area contributed by atoms with Gasteiger partial charge >= 0.3 is 5.97 Å².